The van der Waals surface area contributed by atoms with Crippen LogP contribution in [0.2, 0.25) is 0 Å². The van der Waals surface area contributed by atoms with Gasteiger partial charge < -0.3 is 33.9 Å². The summed E-state index contributed by atoms with van der Waals surface area (Å²) in [6.45, 7) is 3.16. The molecular weight excluding hydrogens is 547 g/mol. The Morgan fingerprint density at radius 2 is 1.36 bits per heavy atom. The third kappa shape index (κ3) is 14.7. The molecule has 214 valence electrons. The highest BCUT2D eigenvalue weighted by atomic mass is 35.5. The lowest BCUT2D eigenvalue weighted by molar-refractivity contribution is 0.0210. The molecule has 9 nitrogen and oxygen atoms in total. The molecule has 1 unspecified atom stereocenters. The zero-order valence-corrected chi connectivity index (χ0v) is 23.7. The molecule has 1 heterocycles. The Morgan fingerprint density at radius 3 is 1.72 bits per heavy atom. The van der Waals surface area contributed by atoms with E-state index in [-0.39, 0.29) is 30.7 Å². The smallest absolute Gasteiger partial charge is 0.338 e. The van der Waals surface area contributed by atoms with Gasteiger partial charge in [0.15, 0.2) is 0 Å². The summed E-state index contributed by atoms with van der Waals surface area (Å²) in [7, 11) is 5.30. The number of carbonyl (C=O) groups excluding carboxylic acids is 2. The number of aliphatic hydroxyl groups is 2. The molecule has 3 rings (SSSR count). The van der Waals surface area contributed by atoms with Gasteiger partial charge in [0, 0.05) is 6.00 Å². The van der Waals surface area contributed by atoms with Gasteiger partial charge in [-0.1, -0.05) is 54.9 Å². The van der Waals surface area contributed by atoms with Gasteiger partial charge in [-0.25, -0.2) is 9.59 Å². The van der Waals surface area contributed by atoms with Crippen molar-refractivity contribution in [1.29, 1.82) is 0 Å². The first kappa shape index (κ1) is 34.9. The van der Waals surface area contributed by atoms with E-state index in [4.69, 9.17) is 48.2 Å². The maximum Gasteiger partial charge on any atom is 0.338 e. The third-order valence-electron chi connectivity index (χ3n) is 5.02. The van der Waals surface area contributed by atoms with Crippen LogP contribution >= 0.6 is 23.4 Å². The fraction of sp³-hybridized carbons (Fsp3) is 0.481. The van der Waals surface area contributed by atoms with Crippen LogP contribution in [0.3, 0.4) is 0 Å². The van der Waals surface area contributed by atoms with Crippen LogP contribution in [-0.4, -0.2) is 99.0 Å². The highest BCUT2D eigenvalue weighted by Gasteiger charge is 2.38. The lowest BCUT2D eigenvalue weighted by Crippen LogP contribution is -2.32. The second-order valence-corrected chi connectivity index (χ2v) is 8.90. The van der Waals surface area contributed by atoms with Gasteiger partial charge in [-0.2, -0.15) is 0 Å². The topological polar surface area (TPSA) is 121 Å². The molecule has 2 aromatic rings. The number of benzene rings is 2. The minimum Gasteiger partial charge on any atom is -0.460 e. The fourth-order valence-electron chi connectivity index (χ4n) is 3.01. The van der Waals surface area contributed by atoms with E-state index in [9.17, 15) is 14.7 Å². The van der Waals surface area contributed by atoms with Gasteiger partial charge in [0.05, 0.1) is 42.5 Å². The molecular formula is C27H36BClO9S. The average molecular weight is 583 g/mol. The molecule has 1 saturated heterocycles. The summed E-state index contributed by atoms with van der Waals surface area (Å²) < 4.78 is 24.9. The lowest BCUT2D eigenvalue weighted by atomic mass is 9.93. The Balaban J connectivity index is 0.000000298. The molecule has 2 aromatic carbocycles. The van der Waals surface area contributed by atoms with E-state index in [1.54, 1.807) is 60.3 Å². The van der Waals surface area contributed by atoms with E-state index < -0.39 is 18.2 Å². The number of esters is 2. The van der Waals surface area contributed by atoms with E-state index in [1.165, 1.54) is 0 Å². The summed E-state index contributed by atoms with van der Waals surface area (Å²) in [4.78, 5) is 22.7. The SMILES string of the molecule is CSCOCCOC(=O)c1ccccc1.O=C(OCCOCCl)c1ccccc1.[B][C@@H]1O[C@H](CC)[C@H](O)C1O. The quantitative estimate of drug-likeness (QED) is 0.127. The van der Waals surface area contributed by atoms with Crippen molar-refractivity contribution in [1.82, 2.24) is 0 Å². The monoisotopic (exact) mass is 582 g/mol. The van der Waals surface area contributed by atoms with Gasteiger partial charge >= 0.3 is 11.9 Å². The van der Waals surface area contributed by atoms with Crippen molar-refractivity contribution in [2.45, 2.75) is 37.7 Å². The summed E-state index contributed by atoms with van der Waals surface area (Å²) in [5.74, 6) is -0.0183. The van der Waals surface area contributed by atoms with Crippen LogP contribution in [0.1, 0.15) is 34.1 Å². The predicted molar refractivity (Wildman–Crippen MR) is 151 cm³/mol. The van der Waals surface area contributed by atoms with Crippen LogP contribution in [0.15, 0.2) is 60.7 Å². The molecule has 39 heavy (non-hydrogen) atoms. The van der Waals surface area contributed by atoms with Gasteiger partial charge in [0.25, 0.3) is 0 Å². The Labute approximate surface area is 240 Å². The van der Waals surface area contributed by atoms with Crippen molar-refractivity contribution in [2.75, 3.05) is 44.7 Å². The summed E-state index contributed by atoms with van der Waals surface area (Å²) >= 11 is 6.87. The fourth-order valence-corrected chi connectivity index (χ4v) is 3.41. The summed E-state index contributed by atoms with van der Waals surface area (Å²) in [6.07, 6.45) is 0.581. The maximum atomic E-state index is 11.4. The Morgan fingerprint density at radius 1 is 0.872 bits per heavy atom. The van der Waals surface area contributed by atoms with E-state index in [1.807, 2.05) is 25.3 Å². The number of aliphatic hydroxyl groups excluding tert-OH is 2. The van der Waals surface area contributed by atoms with Gasteiger partial charge in [-0.3, -0.25) is 0 Å². The highest BCUT2D eigenvalue weighted by molar-refractivity contribution is 7.98. The minimum atomic E-state index is -0.926. The Bertz CT molecular complexity index is 911. The molecule has 1 aliphatic heterocycles. The predicted octanol–water partition coefficient (Wildman–Crippen LogP) is 3.25. The van der Waals surface area contributed by atoms with Gasteiger partial charge in [-0.15, -0.1) is 11.8 Å². The molecule has 4 atom stereocenters. The zero-order valence-electron chi connectivity index (χ0n) is 22.1. The van der Waals surface area contributed by atoms with Crippen LogP contribution in [0.4, 0.5) is 0 Å². The van der Waals surface area contributed by atoms with Crippen LogP contribution in [0.25, 0.3) is 0 Å². The highest BCUT2D eigenvalue weighted by Crippen LogP contribution is 2.20. The van der Waals surface area contributed by atoms with E-state index in [0.29, 0.717) is 43.3 Å². The second kappa shape index (κ2) is 21.7. The van der Waals surface area contributed by atoms with Crippen molar-refractivity contribution in [3.8, 4) is 0 Å². The average Bonchev–Trinajstić information content (AvgIpc) is 3.23. The van der Waals surface area contributed by atoms with Crippen molar-refractivity contribution >= 4 is 43.1 Å². The minimum absolute atomic E-state index is 0.114. The van der Waals surface area contributed by atoms with Gasteiger partial charge in [-0.05, 0) is 36.9 Å². The number of hydrogen-bond acceptors (Lipinski definition) is 10. The van der Waals surface area contributed by atoms with Crippen LogP contribution in [-0.2, 0) is 23.7 Å². The Kier molecular flexibility index (Phi) is 19.4. The van der Waals surface area contributed by atoms with Crippen LogP contribution in [0, 0.1) is 0 Å². The number of hydrogen-bond donors (Lipinski definition) is 2. The molecule has 0 aromatic heterocycles. The molecule has 0 saturated carbocycles. The summed E-state index contributed by atoms with van der Waals surface area (Å²) in [5, 5.41) is 18.2. The molecule has 0 aliphatic carbocycles. The lowest BCUT2D eigenvalue weighted by Gasteiger charge is -2.11. The van der Waals surface area contributed by atoms with E-state index in [0.717, 1.165) is 0 Å². The molecule has 0 spiro atoms. The number of carbonyl (C=O) groups is 2. The molecule has 12 heteroatoms. The Hall–Kier alpha value is -2.12. The standard InChI is InChI=1S/C11H14O3S.C10H11ClO3.C6H11BO3/c1-15-9-13-7-8-14-11(12)10-5-3-2-4-6-10;11-8-13-6-7-14-10(12)9-4-2-1-3-5-9;1-2-3-4(8)5(9)6(7)10-3/h2-6H,7-9H2,1H3;1-5H,6-8H2;3-6,8-9H,2H2,1H3/t;;3-,4+,5?,6-/m..1/s1. The second-order valence-electron chi connectivity index (χ2n) is 7.86. The number of ether oxygens (including phenoxy) is 5. The first-order chi connectivity index (χ1) is 18.8. The van der Waals surface area contributed by atoms with Crippen molar-refractivity contribution < 1.29 is 43.5 Å². The van der Waals surface area contributed by atoms with Crippen molar-refractivity contribution in [3.05, 3.63) is 71.8 Å². The number of alkyl halides is 1. The summed E-state index contributed by atoms with van der Waals surface area (Å²) in [6, 6.07) is 17.1. The third-order valence-corrected chi connectivity index (χ3v) is 5.58. The normalized spacial score (nSPS) is 19.6. The van der Waals surface area contributed by atoms with Gasteiger partial charge in [0.2, 0.25) is 0 Å². The molecule has 2 radical (unpaired) electrons. The van der Waals surface area contributed by atoms with Crippen molar-refractivity contribution in [2.24, 2.45) is 0 Å². The first-order valence-electron chi connectivity index (χ1n) is 12.3. The summed E-state index contributed by atoms with van der Waals surface area (Å²) in [5.41, 5.74) is 1.11. The zero-order chi connectivity index (χ0) is 28.9. The van der Waals surface area contributed by atoms with Crippen molar-refractivity contribution in [3.63, 3.8) is 0 Å². The molecule has 1 aliphatic rings. The van der Waals surface area contributed by atoms with Crippen LogP contribution < -0.4 is 0 Å². The van der Waals surface area contributed by atoms with Crippen LogP contribution in [0.5, 0.6) is 0 Å². The first-order valence-corrected chi connectivity index (χ1v) is 14.2. The largest absolute Gasteiger partial charge is 0.460 e. The van der Waals surface area contributed by atoms with E-state index in [2.05, 4.69) is 0 Å². The molecule has 2 N–H and O–H groups in total. The maximum absolute atomic E-state index is 11.4. The number of halogens is 1. The van der Waals surface area contributed by atoms with E-state index >= 15 is 0 Å². The molecule has 0 bridgehead atoms. The molecule has 1 fully saturated rings. The van der Waals surface area contributed by atoms with Gasteiger partial charge in [0.1, 0.15) is 33.2 Å². The number of rotatable bonds is 12. The molecule has 0 amide bonds. The number of thioether (sulfide) groups is 1.